The van der Waals surface area contributed by atoms with Gasteiger partial charge in [0.1, 0.15) is 0 Å². The third kappa shape index (κ3) is 3.74. The summed E-state index contributed by atoms with van der Waals surface area (Å²) < 4.78 is 32.5. The van der Waals surface area contributed by atoms with Crippen molar-refractivity contribution in [1.29, 1.82) is 0 Å². The zero-order chi connectivity index (χ0) is 15.5. The standard InChI is InChI=1S/C13H19BrClNO3S/c1-9(8-19-4)16(3)20(17,18)13-6-11(7-15)5-12(14)10(13)2/h5-6,9H,7-8H2,1-4H3. The summed E-state index contributed by atoms with van der Waals surface area (Å²) >= 11 is 9.20. The van der Waals surface area contributed by atoms with Crippen molar-refractivity contribution in [3.05, 3.63) is 27.7 Å². The summed E-state index contributed by atoms with van der Waals surface area (Å²) in [7, 11) is -0.478. The lowest BCUT2D eigenvalue weighted by Gasteiger charge is -2.25. The van der Waals surface area contributed by atoms with Crippen molar-refractivity contribution in [2.45, 2.75) is 30.7 Å². The third-order valence-corrected chi connectivity index (χ3v) is 6.43. The molecule has 0 N–H and O–H groups in total. The molecule has 114 valence electrons. The van der Waals surface area contributed by atoms with Gasteiger partial charge in [0, 0.05) is 30.6 Å². The summed E-state index contributed by atoms with van der Waals surface area (Å²) in [6.07, 6.45) is 0. The Morgan fingerprint density at radius 2 is 2.05 bits per heavy atom. The van der Waals surface area contributed by atoms with Crippen LogP contribution in [0.5, 0.6) is 0 Å². The van der Waals surface area contributed by atoms with Crippen molar-refractivity contribution in [2.75, 3.05) is 20.8 Å². The minimum Gasteiger partial charge on any atom is -0.383 e. The van der Waals surface area contributed by atoms with Crippen LogP contribution in [0.15, 0.2) is 21.5 Å². The van der Waals surface area contributed by atoms with Crippen molar-refractivity contribution in [3.63, 3.8) is 0 Å². The molecule has 1 aromatic rings. The molecule has 0 aromatic heterocycles. The van der Waals surface area contributed by atoms with Crippen LogP contribution in [0.3, 0.4) is 0 Å². The Kier molecular flexibility index (Phi) is 6.47. The molecule has 0 amide bonds. The number of methoxy groups -OCH3 is 1. The lowest BCUT2D eigenvalue weighted by atomic mass is 10.2. The molecule has 0 saturated carbocycles. The van der Waals surface area contributed by atoms with E-state index in [9.17, 15) is 8.42 Å². The van der Waals surface area contributed by atoms with Gasteiger partial charge in [-0.2, -0.15) is 4.31 Å². The Labute approximate surface area is 134 Å². The normalized spacial score (nSPS) is 13.8. The highest BCUT2D eigenvalue weighted by atomic mass is 79.9. The first-order chi connectivity index (χ1) is 9.25. The second-order valence-electron chi connectivity index (χ2n) is 4.66. The number of hydrogen-bond acceptors (Lipinski definition) is 3. The van der Waals surface area contributed by atoms with Crippen LogP contribution in [-0.4, -0.2) is 39.5 Å². The van der Waals surface area contributed by atoms with Gasteiger partial charge in [0.05, 0.1) is 11.5 Å². The first-order valence-corrected chi connectivity index (χ1v) is 8.84. The Morgan fingerprint density at radius 1 is 1.45 bits per heavy atom. The number of benzene rings is 1. The van der Waals surface area contributed by atoms with Crippen LogP contribution in [0.4, 0.5) is 0 Å². The average Bonchev–Trinajstić information content (AvgIpc) is 2.40. The number of nitrogens with zero attached hydrogens (tertiary/aromatic N) is 1. The number of hydrogen-bond donors (Lipinski definition) is 0. The minimum atomic E-state index is -3.58. The molecule has 0 aliphatic rings. The van der Waals surface area contributed by atoms with Gasteiger partial charge < -0.3 is 4.74 Å². The monoisotopic (exact) mass is 383 g/mol. The van der Waals surface area contributed by atoms with Crippen molar-refractivity contribution in [1.82, 2.24) is 4.31 Å². The SMILES string of the molecule is COCC(C)N(C)S(=O)(=O)c1cc(CCl)cc(Br)c1C. The molecule has 0 aliphatic heterocycles. The molecule has 1 unspecified atom stereocenters. The van der Waals surface area contributed by atoms with E-state index in [4.69, 9.17) is 16.3 Å². The second kappa shape index (κ2) is 7.22. The van der Waals surface area contributed by atoms with Crippen LogP contribution in [-0.2, 0) is 20.6 Å². The highest BCUT2D eigenvalue weighted by Crippen LogP contribution is 2.29. The van der Waals surface area contributed by atoms with Crippen LogP contribution in [0.2, 0.25) is 0 Å². The van der Waals surface area contributed by atoms with Crippen LogP contribution >= 0.6 is 27.5 Å². The van der Waals surface area contributed by atoms with Crippen molar-refractivity contribution in [3.8, 4) is 0 Å². The van der Waals surface area contributed by atoms with Gasteiger partial charge >= 0.3 is 0 Å². The smallest absolute Gasteiger partial charge is 0.243 e. The molecular weight excluding hydrogens is 366 g/mol. The predicted molar refractivity (Wildman–Crippen MR) is 84.7 cm³/mol. The zero-order valence-electron chi connectivity index (χ0n) is 12.0. The van der Waals surface area contributed by atoms with Crippen LogP contribution in [0, 0.1) is 6.92 Å². The number of ether oxygens (including phenoxy) is 1. The van der Waals surface area contributed by atoms with Gasteiger partial charge in [-0.25, -0.2) is 8.42 Å². The Balaban J connectivity index is 3.31. The molecule has 0 saturated heterocycles. The summed E-state index contributed by atoms with van der Waals surface area (Å²) in [4.78, 5) is 0.271. The topological polar surface area (TPSA) is 46.6 Å². The van der Waals surface area contributed by atoms with Crippen LogP contribution in [0.1, 0.15) is 18.1 Å². The first kappa shape index (κ1) is 17.9. The molecule has 0 spiro atoms. The van der Waals surface area contributed by atoms with Gasteiger partial charge in [-0.05, 0) is 37.1 Å². The number of rotatable bonds is 6. The van der Waals surface area contributed by atoms with Gasteiger partial charge in [-0.1, -0.05) is 15.9 Å². The van der Waals surface area contributed by atoms with E-state index in [1.807, 2.05) is 6.07 Å². The van der Waals surface area contributed by atoms with E-state index in [1.165, 1.54) is 4.31 Å². The van der Waals surface area contributed by atoms with Crippen LogP contribution in [0.25, 0.3) is 0 Å². The molecule has 1 rings (SSSR count). The maximum atomic E-state index is 12.7. The van der Waals surface area contributed by atoms with Crippen molar-refractivity contribution in [2.24, 2.45) is 0 Å². The molecule has 0 heterocycles. The maximum Gasteiger partial charge on any atom is 0.243 e. The number of sulfonamides is 1. The summed E-state index contributed by atoms with van der Waals surface area (Å²) in [5.41, 5.74) is 1.44. The summed E-state index contributed by atoms with van der Waals surface area (Å²) in [5.74, 6) is 0.263. The fourth-order valence-corrected chi connectivity index (χ4v) is 4.23. The Hall–Kier alpha value is -0.140. The Morgan fingerprint density at radius 3 is 2.55 bits per heavy atom. The summed E-state index contributed by atoms with van der Waals surface area (Å²) in [6, 6.07) is 3.21. The third-order valence-electron chi connectivity index (χ3n) is 3.20. The molecule has 0 bridgehead atoms. The van der Waals surface area contributed by atoms with Gasteiger partial charge in [-0.3, -0.25) is 0 Å². The number of alkyl halides is 1. The minimum absolute atomic E-state index is 0.247. The number of likely N-dealkylation sites (N-methyl/N-ethyl adjacent to an activating group) is 1. The largest absolute Gasteiger partial charge is 0.383 e. The molecule has 1 atom stereocenters. The second-order valence-corrected chi connectivity index (χ2v) is 7.75. The number of halogens is 2. The molecule has 0 radical (unpaired) electrons. The molecule has 1 aromatic carbocycles. The van der Waals surface area contributed by atoms with E-state index < -0.39 is 10.0 Å². The van der Waals surface area contributed by atoms with Crippen molar-refractivity contribution < 1.29 is 13.2 Å². The van der Waals surface area contributed by atoms with Gasteiger partial charge in [-0.15, -0.1) is 11.6 Å². The van der Waals surface area contributed by atoms with E-state index in [0.29, 0.717) is 12.2 Å². The maximum absolute atomic E-state index is 12.7. The van der Waals surface area contributed by atoms with Gasteiger partial charge in [0.25, 0.3) is 0 Å². The van der Waals surface area contributed by atoms with Gasteiger partial charge in [0.15, 0.2) is 0 Å². The fourth-order valence-electron chi connectivity index (χ4n) is 1.79. The van der Waals surface area contributed by atoms with E-state index >= 15 is 0 Å². The molecule has 0 fully saturated rings. The van der Waals surface area contributed by atoms with E-state index in [-0.39, 0.29) is 16.8 Å². The lowest BCUT2D eigenvalue weighted by Crippen LogP contribution is -2.38. The lowest BCUT2D eigenvalue weighted by molar-refractivity contribution is 0.149. The summed E-state index contributed by atoms with van der Waals surface area (Å²) in [6.45, 7) is 3.91. The molecule has 4 nitrogen and oxygen atoms in total. The van der Waals surface area contributed by atoms with E-state index in [1.54, 1.807) is 34.1 Å². The quantitative estimate of drug-likeness (QED) is 0.708. The predicted octanol–water partition coefficient (Wildman–Crippen LogP) is 3.15. The molecule has 20 heavy (non-hydrogen) atoms. The van der Waals surface area contributed by atoms with Gasteiger partial charge in [0.2, 0.25) is 10.0 Å². The van der Waals surface area contributed by atoms with Crippen LogP contribution < -0.4 is 0 Å². The summed E-state index contributed by atoms with van der Waals surface area (Å²) in [5, 5.41) is 0. The van der Waals surface area contributed by atoms with E-state index in [0.717, 1.165) is 10.0 Å². The van der Waals surface area contributed by atoms with E-state index in [2.05, 4.69) is 15.9 Å². The molecular formula is C13H19BrClNO3S. The average molecular weight is 385 g/mol. The highest BCUT2D eigenvalue weighted by molar-refractivity contribution is 9.10. The molecule has 0 aliphatic carbocycles. The first-order valence-electron chi connectivity index (χ1n) is 6.07. The highest BCUT2D eigenvalue weighted by Gasteiger charge is 2.27. The molecule has 7 heteroatoms. The van der Waals surface area contributed by atoms with Crippen molar-refractivity contribution >= 4 is 37.6 Å². The zero-order valence-corrected chi connectivity index (χ0v) is 15.1. The fraction of sp³-hybridized carbons (Fsp3) is 0.538. The Bertz CT molecular complexity index is 577.